The van der Waals surface area contributed by atoms with Gasteiger partial charge in [-0.15, -0.1) is 0 Å². The van der Waals surface area contributed by atoms with Crippen LogP contribution in [0.1, 0.15) is 55.5 Å². The lowest BCUT2D eigenvalue weighted by atomic mass is 9.91. The molecule has 1 aliphatic heterocycles. The van der Waals surface area contributed by atoms with Crippen molar-refractivity contribution in [3.05, 3.63) is 17.0 Å². The molecule has 128 valence electrons. The number of hydrogen-bond acceptors (Lipinski definition) is 3. The predicted octanol–water partition coefficient (Wildman–Crippen LogP) is 2.24. The number of aromatic nitrogens is 2. The molecule has 0 saturated carbocycles. The summed E-state index contributed by atoms with van der Waals surface area (Å²) in [4.78, 5) is 25.5. The number of hydrogen-bond donors (Lipinski definition) is 1. The second kappa shape index (κ2) is 7.15. The van der Waals surface area contributed by atoms with E-state index in [4.69, 9.17) is 5.11 Å². The number of carbonyl (C=O) groups excluding carboxylic acids is 1. The summed E-state index contributed by atoms with van der Waals surface area (Å²) < 4.78 is 1.82. The zero-order valence-corrected chi connectivity index (χ0v) is 14.5. The number of amides is 1. The highest BCUT2D eigenvalue weighted by atomic mass is 16.4. The van der Waals surface area contributed by atoms with Gasteiger partial charge in [0.15, 0.2) is 0 Å². The van der Waals surface area contributed by atoms with Crippen molar-refractivity contribution in [2.24, 2.45) is 13.0 Å². The number of carbonyl (C=O) groups is 2. The van der Waals surface area contributed by atoms with Gasteiger partial charge in [0.2, 0.25) is 5.91 Å². The zero-order valence-electron chi connectivity index (χ0n) is 14.5. The summed E-state index contributed by atoms with van der Waals surface area (Å²) >= 11 is 0. The lowest BCUT2D eigenvalue weighted by Crippen LogP contribution is -2.42. The van der Waals surface area contributed by atoms with E-state index in [0.29, 0.717) is 18.9 Å². The van der Waals surface area contributed by atoms with Gasteiger partial charge in [0.1, 0.15) is 0 Å². The Balaban J connectivity index is 2.05. The van der Waals surface area contributed by atoms with Crippen molar-refractivity contribution < 1.29 is 14.7 Å². The third-order valence-corrected chi connectivity index (χ3v) is 4.97. The Morgan fingerprint density at radius 3 is 2.65 bits per heavy atom. The van der Waals surface area contributed by atoms with Crippen molar-refractivity contribution in [2.45, 2.75) is 52.4 Å². The molecule has 6 nitrogen and oxygen atoms in total. The van der Waals surface area contributed by atoms with E-state index in [1.807, 2.05) is 37.4 Å². The summed E-state index contributed by atoms with van der Waals surface area (Å²) in [5, 5.41) is 13.2. The van der Waals surface area contributed by atoms with Crippen LogP contribution in [-0.4, -0.2) is 44.8 Å². The number of carboxylic acid groups (broad SMARTS) is 1. The van der Waals surface area contributed by atoms with Gasteiger partial charge < -0.3 is 10.0 Å². The Labute approximate surface area is 137 Å². The first-order valence-corrected chi connectivity index (χ1v) is 8.32. The van der Waals surface area contributed by atoms with Crippen molar-refractivity contribution in [3.8, 4) is 0 Å². The first-order valence-electron chi connectivity index (χ1n) is 8.32. The fourth-order valence-electron chi connectivity index (χ4n) is 3.64. The third kappa shape index (κ3) is 3.92. The Bertz CT molecular complexity index is 594. The van der Waals surface area contributed by atoms with Gasteiger partial charge in [0.25, 0.3) is 0 Å². The number of nitrogens with zero attached hydrogens (tertiary/aromatic N) is 3. The molecule has 0 spiro atoms. The molecule has 2 heterocycles. The number of aryl methyl sites for hydroxylation is 2. The van der Waals surface area contributed by atoms with Crippen molar-refractivity contribution in [1.82, 2.24) is 14.7 Å². The standard InChI is InChI=1S/C17H27N3O3/c1-11(16-12(2)18-19(4)13(16)3)17(23)20-9-5-6-14(10-20)7-8-15(21)22/h11,14H,5-10H2,1-4H3,(H,21,22). The minimum atomic E-state index is -0.761. The Kier molecular flexibility index (Phi) is 5.44. The van der Waals surface area contributed by atoms with Crippen molar-refractivity contribution in [1.29, 1.82) is 0 Å². The van der Waals surface area contributed by atoms with E-state index in [9.17, 15) is 9.59 Å². The van der Waals surface area contributed by atoms with E-state index in [1.165, 1.54) is 0 Å². The molecular formula is C17H27N3O3. The van der Waals surface area contributed by atoms with Gasteiger partial charge in [-0.25, -0.2) is 0 Å². The molecule has 1 saturated heterocycles. The quantitative estimate of drug-likeness (QED) is 0.902. The molecule has 0 aromatic carbocycles. The molecule has 0 radical (unpaired) electrons. The Hall–Kier alpha value is -1.85. The number of aliphatic carboxylic acids is 1. The van der Waals surface area contributed by atoms with Crippen molar-refractivity contribution in [2.75, 3.05) is 13.1 Å². The Morgan fingerprint density at radius 2 is 2.09 bits per heavy atom. The highest BCUT2D eigenvalue weighted by molar-refractivity contribution is 5.84. The SMILES string of the molecule is Cc1nn(C)c(C)c1C(C)C(=O)N1CCCC(CCC(=O)O)C1. The monoisotopic (exact) mass is 321 g/mol. The highest BCUT2D eigenvalue weighted by Crippen LogP contribution is 2.28. The van der Waals surface area contributed by atoms with Crippen LogP contribution in [0, 0.1) is 19.8 Å². The van der Waals surface area contributed by atoms with E-state index >= 15 is 0 Å². The summed E-state index contributed by atoms with van der Waals surface area (Å²) in [5.74, 6) is -0.540. The number of likely N-dealkylation sites (tertiary alicyclic amines) is 1. The van der Waals surface area contributed by atoms with Crippen LogP contribution in [-0.2, 0) is 16.6 Å². The highest BCUT2D eigenvalue weighted by Gasteiger charge is 2.30. The van der Waals surface area contributed by atoms with Gasteiger partial charge in [-0.1, -0.05) is 0 Å². The van der Waals surface area contributed by atoms with Gasteiger partial charge >= 0.3 is 5.97 Å². The first kappa shape index (κ1) is 17.5. The summed E-state index contributed by atoms with van der Waals surface area (Å²) in [6.07, 6.45) is 2.80. The molecule has 1 aliphatic rings. The predicted molar refractivity (Wildman–Crippen MR) is 87.3 cm³/mol. The van der Waals surface area contributed by atoms with Crippen LogP contribution >= 0.6 is 0 Å². The molecule has 1 amide bonds. The molecule has 1 aromatic rings. The number of carboxylic acids is 1. The second-order valence-corrected chi connectivity index (χ2v) is 6.65. The van der Waals surface area contributed by atoms with Crippen molar-refractivity contribution >= 4 is 11.9 Å². The molecule has 6 heteroatoms. The maximum Gasteiger partial charge on any atom is 0.303 e. The molecule has 0 bridgehead atoms. The minimum Gasteiger partial charge on any atom is -0.481 e. The third-order valence-electron chi connectivity index (χ3n) is 4.97. The molecule has 1 fully saturated rings. The summed E-state index contributed by atoms with van der Waals surface area (Å²) in [6, 6.07) is 0. The van der Waals surface area contributed by atoms with E-state index in [2.05, 4.69) is 5.10 Å². The lowest BCUT2D eigenvalue weighted by Gasteiger charge is -2.34. The summed E-state index contributed by atoms with van der Waals surface area (Å²) in [7, 11) is 1.89. The molecule has 23 heavy (non-hydrogen) atoms. The molecule has 2 atom stereocenters. The largest absolute Gasteiger partial charge is 0.481 e. The molecule has 1 N–H and O–H groups in total. The van der Waals surface area contributed by atoms with Crippen LogP contribution in [0.25, 0.3) is 0 Å². The molecule has 1 aromatic heterocycles. The second-order valence-electron chi connectivity index (χ2n) is 6.65. The lowest BCUT2D eigenvalue weighted by molar-refractivity contribution is -0.137. The van der Waals surface area contributed by atoms with E-state index in [0.717, 1.165) is 36.3 Å². The maximum atomic E-state index is 12.9. The minimum absolute atomic E-state index is 0.129. The van der Waals surface area contributed by atoms with Gasteiger partial charge in [-0.3, -0.25) is 14.3 Å². The fourth-order valence-corrected chi connectivity index (χ4v) is 3.64. The average molecular weight is 321 g/mol. The fraction of sp³-hybridized carbons (Fsp3) is 0.706. The van der Waals surface area contributed by atoms with Gasteiger partial charge in [0.05, 0.1) is 11.6 Å². The van der Waals surface area contributed by atoms with Gasteiger partial charge in [-0.05, 0) is 46.0 Å². The first-order chi connectivity index (χ1) is 10.8. The summed E-state index contributed by atoms with van der Waals surface area (Å²) in [5.41, 5.74) is 2.96. The van der Waals surface area contributed by atoms with Crippen LogP contribution in [0.15, 0.2) is 0 Å². The number of rotatable bonds is 5. The average Bonchev–Trinajstić information content (AvgIpc) is 2.77. The van der Waals surface area contributed by atoms with Gasteiger partial charge in [-0.2, -0.15) is 5.10 Å². The molecular weight excluding hydrogens is 294 g/mol. The Morgan fingerprint density at radius 1 is 1.39 bits per heavy atom. The van der Waals surface area contributed by atoms with Crippen molar-refractivity contribution in [3.63, 3.8) is 0 Å². The molecule has 2 rings (SSSR count). The molecule has 2 unspecified atom stereocenters. The van der Waals surface area contributed by atoms with Crippen LogP contribution < -0.4 is 0 Å². The molecule has 0 aliphatic carbocycles. The maximum absolute atomic E-state index is 12.9. The number of piperidine rings is 1. The van der Waals surface area contributed by atoms with Crippen LogP contribution in [0.5, 0.6) is 0 Å². The van der Waals surface area contributed by atoms with E-state index in [-0.39, 0.29) is 18.2 Å². The summed E-state index contributed by atoms with van der Waals surface area (Å²) in [6.45, 7) is 7.32. The van der Waals surface area contributed by atoms with Crippen LogP contribution in [0.4, 0.5) is 0 Å². The topological polar surface area (TPSA) is 75.4 Å². The van der Waals surface area contributed by atoms with E-state index < -0.39 is 5.97 Å². The smallest absolute Gasteiger partial charge is 0.303 e. The normalized spacial score (nSPS) is 19.7. The van der Waals surface area contributed by atoms with Crippen LogP contribution in [0.3, 0.4) is 0 Å². The zero-order chi connectivity index (χ0) is 17.1. The van der Waals surface area contributed by atoms with Gasteiger partial charge in [0, 0.05) is 37.8 Å². The van der Waals surface area contributed by atoms with E-state index in [1.54, 1.807) is 0 Å². The van der Waals surface area contributed by atoms with Crippen LogP contribution in [0.2, 0.25) is 0 Å².